The third-order valence-corrected chi connectivity index (χ3v) is 14.7. The van der Waals surface area contributed by atoms with Crippen molar-refractivity contribution in [1.82, 2.24) is 0 Å². The molecule has 466 valence electrons. The van der Waals surface area contributed by atoms with E-state index in [1.165, 1.54) is 103 Å². The lowest BCUT2D eigenvalue weighted by molar-refractivity contribution is -0.301. The summed E-state index contributed by atoms with van der Waals surface area (Å²) in [5.41, 5.74) is 0. The lowest BCUT2D eigenvalue weighted by atomic mass is 9.98. The first-order chi connectivity index (χ1) is 39.6. The lowest BCUT2D eigenvalue weighted by Crippen LogP contribution is -2.61. The van der Waals surface area contributed by atoms with Crippen LogP contribution in [0.25, 0.3) is 0 Å². The average molecular weight is 1140 g/mol. The minimum atomic E-state index is -1.91. The van der Waals surface area contributed by atoms with Crippen LogP contribution in [0, 0.1) is 0 Å². The van der Waals surface area contributed by atoms with Gasteiger partial charge in [-0.25, -0.2) is 4.79 Å². The van der Waals surface area contributed by atoms with Crippen LogP contribution in [0.15, 0.2) is 72.9 Å². The van der Waals surface area contributed by atoms with E-state index in [4.69, 9.17) is 23.7 Å². The predicted molar refractivity (Wildman–Crippen MR) is 331 cm³/mol. The Morgan fingerprint density at radius 3 is 1.16 bits per heavy atom. The van der Waals surface area contributed by atoms with Gasteiger partial charge >= 0.3 is 23.9 Å². The molecule has 1 aliphatic rings. The molecule has 0 aliphatic carbocycles. The molecule has 6 unspecified atom stereocenters. The number of allylic oxidation sites excluding steroid dienone is 12. The SMILES string of the molecule is CCCCC/C=C\C/C=C\C/C=C\CCCCCCCCC(=O)OCC(COC1OC(C(=O)O)C(O)C(O)C1OC(=O)CCCCCCCCC/C=C\CCCCCCCC)OC(=O)CCCCCCC/C=C\C/C=C\CCCCC. The molecule has 1 fully saturated rings. The first kappa shape index (κ1) is 75.2. The maximum atomic E-state index is 13.2. The topological polar surface area (TPSA) is 175 Å². The highest BCUT2D eigenvalue weighted by molar-refractivity contribution is 5.74. The summed E-state index contributed by atoms with van der Waals surface area (Å²) in [5, 5.41) is 31.6. The van der Waals surface area contributed by atoms with Crippen molar-refractivity contribution >= 4 is 23.9 Å². The van der Waals surface area contributed by atoms with Crippen molar-refractivity contribution in [3.63, 3.8) is 0 Å². The third kappa shape index (κ3) is 46.3. The van der Waals surface area contributed by atoms with Crippen LogP contribution in [-0.4, -0.2) is 89.2 Å². The fourth-order valence-electron chi connectivity index (χ4n) is 9.64. The maximum Gasteiger partial charge on any atom is 0.335 e. The molecule has 1 saturated heterocycles. The Morgan fingerprint density at radius 1 is 0.407 bits per heavy atom. The number of ether oxygens (including phenoxy) is 5. The number of carboxylic acids is 1. The van der Waals surface area contributed by atoms with Gasteiger partial charge in [0.2, 0.25) is 0 Å². The molecule has 1 heterocycles. The Balaban J connectivity index is 2.67. The number of rotatable bonds is 56. The molecular weight excluding hydrogens is 1020 g/mol. The summed E-state index contributed by atoms with van der Waals surface area (Å²) >= 11 is 0. The molecule has 0 amide bonds. The van der Waals surface area contributed by atoms with Crippen LogP contribution in [0.4, 0.5) is 0 Å². The quantitative estimate of drug-likeness (QED) is 0.0228. The van der Waals surface area contributed by atoms with E-state index >= 15 is 0 Å². The summed E-state index contributed by atoms with van der Waals surface area (Å²) in [7, 11) is 0. The van der Waals surface area contributed by atoms with Crippen LogP contribution in [0.3, 0.4) is 0 Å². The van der Waals surface area contributed by atoms with Gasteiger partial charge in [0, 0.05) is 19.3 Å². The highest BCUT2D eigenvalue weighted by Gasteiger charge is 2.50. The number of aliphatic hydroxyl groups excluding tert-OH is 2. The number of esters is 3. The van der Waals surface area contributed by atoms with Gasteiger partial charge in [-0.15, -0.1) is 0 Å². The minimum Gasteiger partial charge on any atom is -0.479 e. The van der Waals surface area contributed by atoms with E-state index in [1.54, 1.807) is 0 Å². The molecule has 1 aliphatic heterocycles. The highest BCUT2D eigenvalue weighted by Crippen LogP contribution is 2.27. The second kappa shape index (κ2) is 56.6. The number of carbonyl (C=O) groups excluding carboxylic acids is 3. The van der Waals surface area contributed by atoms with Crippen molar-refractivity contribution in [3.05, 3.63) is 72.9 Å². The number of carbonyl (C=O) groups is 4. The van der Waals surface area contributed by atoms with Crippen LogP contribution in [0.1, 0.15) is 290 Å². The van der Waals surface area contributed by atoms with Gasteiger partial charge in [-0.3, -0.25) is 14.4 Å². The summed E-state index contributed by atoms with van der Waals surface area (Å²) in [6.45, 7) is 5.94. The van der Waals surface area contributed by atoms with Gasteiger partial charge in [-0.05, 0) is 116 Å². The molecule has 0 aromatic rings. The molecule has 12 nitrogen and oxygen atoms in total. The van der Waals surface area contributed by atoms with Crippen LogP contribution >= 0.6 is 0 Å². The van der Waals surface area contributed by atoms with E-state index in [-0.39, 0.29) is 25.9 Å². The Morgan fingerprint density at radius 2 is 0.741 bits per heavy atom. The summed E-state index contributed by atoms with van der Waals surface area (Å²) in [4.78, 5) is 51.3. The third-order valence-electron chi connectivity index (χ3n) is 14.7. The van der Waals surface area contributed by atoms with Gasteiger partial charge in [0.25, 0.3) is 0 Å². The first-order valence-electron chi connectivity index (χ1n) is 32.9. The Bertz CT molecular complexity index is 1680. The summed E-state index contributed by atoms with van der Waals surface area (Å²) in [6, 6.07) is 0. The van der Waals surface area contributed by atoms with Crippen molar-refractivity contribution in [1.29, 1.82) is 0 Å². The predicted octanol–water partition coefficient (Wildman–Crippen LogP) is 17.7. The van der Waals surface area contributed by atoms with Crippen LogP contribution in [0.2, 0.25) is 0 Å². The van der Waals surface area contributed by atoms with E-state index < -0.39 is 67.3 Å². The van der Waals surface area contributed by atoms with Crippen LogP contribution in [0.5, 0.6) is 0 Å². The Labute approximate surface area is 493 Å². The van der Waals surface area contributed by atoms with Crippen molar-refractivity contribution < 1.29 is 58.2 Å². The van der Waals surface area contributed by atoms with Gasteiger partial charge in [-0.2, -0.15) is 0 Å². The number of aliphatic carboxylic acids is 1. The largest absolute Gasteiger partial charge is 0.479 e. The average Bonchev–Trinajstić information content (AvgIpc) is 3.53. The molecule has 0 radical (unpaired) electrons. The Kier molecular flexibility index (Phi) is 52.6. The van der Waals surface area contributed by atoms with Crippen molar-refractivity contribution in [2.24, 2.45) is 0 Å². The molecule has 3 N–H and O–H groups in total. The van der Waals surface area contributed by atoms with Gasteiger partial charge in [0.1, 0.15) is 18.8 Å². The molecule has 6 atom stereocenters. The van der Waals surface area contributed by atoms with Crippen LogP contribution < -0.4 is 0 Å². The molecule has 0 bridgehead atoms. The summed E-state index contributed by atoms with van der Waals surface area (Å²) < 4.78 is 28.5. The van der Waals surface area contributed by atoms with E-state index in [9.17, 15) is 34.5 Å². The zero-order valence-corrected chi connectivity index (χ0v) is 51.5. The molecule has 0 saturated carbocycles. The van der Waals surface area contributed by atoms with E-state index in [0.29, 0.717) is 19.3 Å². The summed E-state index contributed by atoms with van der Waals surface area (Å²) in [5.74, 6) is -3.15. The molecule has 0 spiro atoms. The second-order valence-electron chi connectivity index (χ2n) is 22.4. The number of unbranched alkanes of at least 4 members (excludes halogenated alkanes) is 30. The van der Waals surface area contributed by atoms with E-state index in [2.05, 4.69) is 93.7 Å². The van der Waals surface area contributed by atoms with Gasteiger partial charge in [-0.1, -0.05) is 229 Å². The van der Waals surface area contributed by atoms with Crippen LogP contribution in [-0.2, 0) is 42.9 Å². The fourth-order valence-corrected chi connectivity index (χ4v) is 9.64. The smallest absolute Gasteiger partial charge is 0.335 e. The van der Waals surface area contributed by atoms with Crippen molar-refractivity contribution in [2.45, 2.75) is 327 Å². The number of aliphatic hydroxyl groups is 2. The molecule has 1 rings (SSSR count). The number of hydrogen-bond donors (Lipinski definition) is 3. The molecule has 0 aromatic heterocycles. The first-order valence-corrected chi connectivity index (χ1v) is 32.9. The fraction of sp³-hybridized carbons (Fsp3) is 0.768. The monoisotopic (exact) mass is 1140 g/mol. The highest BCUT2D eigenvalue weighted by atomic mass is 16.7. The second-order valence-corrected chi connectivity index (χ2v) is 22.4. The zero-order valence-electron chi connectivity index (χ0n) is 51.5. The number of carboxylic acid groups (broad SMARTS) is 1. The number of hydrogen-bond acceptors (Lipinski definition) is 11. The van der Waals surface area contributed by atoms with Gasteiger partial charge in [0.15, 0.2) is 24.6 Å². The van der Waals surface area contributed by atoms with Crippen molar-refractivity contribution in [3.8, 4) is 0 Å². The van der Waals surface area contributed by atoms with Crippen molar-refractivity contribution in [2.75, 3.05) is 13.2 Å². The maximum absolute atomic E-state index is 13.2. The molecule has 81 heavy (non-hydrogen) atoms. The molecule has 0 aromatic carbocycles. The zero-order chi connectivity index (χ0) is 58.9. The van der Waals surface area contributed by atoms with Gasteiger partial charge < -0.3 is 39.0 Å². The standard InChI is InChI=1S/C69H118O12/c1-4-7-10-13-16-19-22-25-28-30-31-33-35-37-40-43-46-49-52-55-61(70)77-58-60(79-62(71)56-53-50-47-44-41-38-34-27-24-21-18-15-12-9-6-3)59-78-69-67(65(74)64(73)66(81-69)68(75)76)80-63(72)57-54-51-48-45-42-39-36-32-29-26-23-20-17-14-11-8-5-2/h16,18-19,21,25-29,31,33-34,60,64-67,69,73-74H,4-15,17,20,22-24,30,32,35-59H2,1-3H3,(H,75,76)/b19-16-,21-18-,28-25-,29-26-,33-31-,34-27-. The van der Waals surface area contributed by atoms with E-state index in [0.717, 1.165) is 128 Å². The minimum absolute atomic E-state index is 0.0516. The summed E-state index contributed by atoms with van der Waals surface area (Å²) in [6.07, 6.45) is 59.9. The lowest BCUT2D eigenvalue weighted by Gasteiger charge is -2.40. The van der Waals surface area contributed by atoms with Gasteiger partial charge in [0.05, 0.1) is 6.61 Å². The van der Waals surface area contributed by atoms with E-state index in [1.807, 2.05) is 0 Å². The Hall–Kier alpha value is -3.84. The molecule has 12 heteroatoms. The molecular formula is C69H118O12. The normalized spacial score (nSPS) is 18.2.